The summed E-state index contributed by atoms with van der Waals surface area (Å²) in [7, 11) is -3.74. The average molecular weight is 467 g/mol. The molecule has 2 N–H and O–H groups in total. The van der Waals surface area contributed by atoms with Crippen molar-refractivity contribution >= 4 is 37.6 Å². The Bertz CT molecular complexity index is 926. The predicted octanol–water partition coefficient (Wildman–Crippen LogP) is 3.59. The molecule has 0 heterocycles. The smallest absolute Gasteiger partial charge is 0.240 e. The minimum absolute atomic E-state index is 0.0145. The monoisotopic (exact) mass is 466 g/mol. The highest BCUT2D eigenvalue weighted by atomic mass is 79.9. The van der Waals surface area contributed by atoms with Crippen molar-refractivity contribution in [2.24, 2.45) is 0 Å². The molecule has 0 aliphatic heterocycles. The van der Waals surface area contributed by atoms with Crippen LogP contribution in [-0.2, 0) is 14.8 Å². The number of nitrogens with one attached hydrogen (secondary N) is 2. The van der Waals surface area contributed by atoms with Gasteiger partial charge in [-0.15, -0.1) is 0 Å². The van der Waals surface area contributed by atoms with Crippen molar-refractivity contribution in [2.75, 3.05) is 6.54 Å². The fraction of sp³-hybridized carbons (Fsp3) is 0.300. The molecule has 0 aromatic heterocycles. The van der Waals surface area contributed by atoms with E-state index in [1.165, 1.54) is 31.2 Å². The van der Waals surface area contributed by atoms with Gasteiger partial charge >= 0.3 is 0 Å². The lowest BCUT2D eigenvalue weighted by molar-refractivity contribution is -0.121. The topological polar surface area (TPSA) is 92.3 Å². The van der Waals surface area contributed by atoms with E-state index < -0.39 is 10.0 Å². The Labute approximate surface area is 173 Å². The second-order valence-electron chi connectivity index (χ2n) is 6.31. The number of amides is 1. The molecule has 0 spiro atoms. The first-order valence-corrected chi connectivity index (χ1v) is 11.2. The van der Waals surface area contributed by atoms with Crippen molar-refractivity contribution in [3.8, 4) is 0 Å². The van der Waals surface area contributed by atoms with E-state index in [1.54, 1.807) is 0 Å². The van der Waals surface area contributed by atoms with Gasteiger partial charge in [0.15, 0.2) is 5.78 Å². The summed E-state index contributed by atoms with van der Waals surface area (Å²) in [5.41, 5.74) is 1.43. The molecule has 0 saturated heterocycles. The number of rotatable bonds is 9. The SMILES string of the molecule is CCC(NC(=O)CCNS(=O)(=O)c1ccc(C(C)=O)cc1)c1ccc(Br)cc1. The van der Waals surface area contributed by atoms with Crippen LogP contribution in [-0.4, -0.2) is 26.7 Å². The molecule has 150 valence electrons. The first kappa shape index (κ1) is 22.3. The van der Waals surface area contributed by atoms with Gasteiger partial charge in [-0.25, -0.2) is 13.1 Å². The van der Waals surface area contributed by atoms with Crippen molar-refractivity contribution in [1.29, 1.82) is 0 Å². The van der Waals surface area contributed by atoms with Crippen molar-refractivity contribution in [1.82, 2.24) is 10.0 Å². The Morgan fingerprint density at radius 2 is 1.64 bits per heavy atom. The highest BCUT2D eigenvalue weighted by Gasteiger charge is 2.16. The quantitative estimate of drug-likeness (QED) is 0.552. The van der Waals surface area contributed by atoms with Crippen molar-refractivity contribution in [3.05, 3.63) is 64.1 Å². The molecule has 1 atom stereocenters. The van der Waals surface area contributed by atoms with E-state index in [0.717, 1.165) is 16.5 Å². The standard InChI is InChI=1S/C20H23BrN2O4S/c1-3-19(16-4-8-17(21)9-5-16)23-20(25)12-13-22-28(26,27)18-10-6-15(7-11-18)14(2)24/h4-11,19,22H,3,12-13H2,1-2H3,(H,23,25). The van der Waals surface area contributed by atoms with Crippen LogP contribution in [0.1, 0.15) is 48.7 Å². The highest BCUT2D eigenvalue weighted by Crippen LogP contribution is 2.19. The Morgan fingerprint density at radius 1 is 1.04 bits per heavy atom. The van der Waals surface area contributed by atoms with Crippen LogP contribution >= 0.6 is 15.9 Å². The second kappa shape index (κ2) is 9.95. The van der Waals surface area contributed by atoms with Gasteiger partial charge in [0.2, 0.25) is 15.9 Å². The molecule has 2 aromatic carbocycles. The summed E-state index contributed by atoms with van der Waals surface area (Å²) >= 11 is 3.38. The van der Waals surface area contributed by atoms with Crippen molar-refractivity contribution in [2.45, 2.75) is 37.6 Å². The molecule has 1 amide bonds. The first-order valence-electron chi connectivity index (χ1n) is 8.88. The zero-order valence-corrected chi connectivity index (χ0v) is 18.1. The van der Waals surface area contributed by atoms with Gasteiger partial charge in [0.05, 0.1) is 10.9 Å². The van der Waals surface area contributed by atoms with E-state index in [9.17, 15) is 18.0 Å². The van der Waals surface area contributed by atoms with Crippen LogP contribution in [0.2, 0.25) is 0 Å². The molecule has 1 unspecified atom stereocenters. The predicted molar refractivity (Wildman–Crippen MR) is 112 cm³/mol. The molecule has 0 aliphatic rings. The second-order valence-corrected chi connectivity index (χ2v) is 8.99. The summed E-state index contributed by atoms with van der Waals surface area (Å²) in [6.45, 7) is 3.37. The van der Waals surface area contributed by atoms with Gasteiger partial charge in [-0.1, -0.05) is 47.1 Å². The van der Waals surface area contributed by atoms with E-state index in [1.807, 2.05) is 31.2 Å². The molecule has 28 heavy (non-hydrogen) atoms. The zero-order chi connectivity index (χ0) is 20.7. The lowest BCUT2D eigenvalue weighted by Crippen LogP contribution is -2.32. The third kappa shape index (κ3) is 6.25. The maximum atomic E-state index is 12.3. The molecule has 6 nitrogen and oxygen atoms in total. The van der Waals surface area contributed by atoms with E-state index in [4.69, 9.17) is 0 Å². The summed E-state index contributed by atoms with van der Waals surface area (Å²) in [5.74, 6) is -0.366. The molecular weight excluding hydrogens is 444 g/mol. The van der Waals surface area contributed by atoms with Crippen LogP contribution in [0.5, 0.6) is 0 Å². The Morgan fingerprint density at radius 3 is 2.18 bits per heavy atom. The molecule has 0 radical (unpaired) electrons. The van der Waals surface area contributed by atoms with Gasteiger partial charge in [0.1, 0.15) is 0 Å². The molecule has 0 saturated carbocycles. The van der Waals surface area contributed by atoms with Crippen LogP contribution in [0.15, 0.2) is 57.9 Å². The molecule has 2 rings (SSSR count). The summed E-state index contributed by atoms with van der Waals surface area (Å²) in [6.07, 6.45) is 0.749. The number of carbonyl (C=O) groups is 2. The zero-order valence-electron chi connectivity index (χ0n) is 15.7. The maximum absolute atomic E-state index is 12.3. The molecular formula is C20H23BrN2O4S. The van der Waals surface area contributed by atoms with Crippen LogP contribution < -0.4 is 10.0 Å². The number of halogens is 1. The minimum Gasteiger partial charge on any atom is -0.349 e. The molecule has 0 bridgehead atoms. The van der Waals surface area contributed by atoms with Crippen LogP contribution in [0.3, 0.4) is 0 Å². The molecule has 8 heteroatoms. The van der Waals surface area contributed by atoms with Crippen LogP contribution in [0.25, 0.3) is 0 Å². The number of hydrogen-bond acceptors (Lipinski definition) is 4. The van der Waals surface area contributed by atoms with Gasteiger partial charge in [0, 0.05) is 23.0 Å². The van der Waals surface area contributed by atoms with Crippen LogP contribution in [0.4, 0.5) is 0 Å². The van der Waals surface area contributed by atoms with E-state index >= 15 is 0 Å². The van der Waals surface area contributed by atoms with Crippen LogP contribution in [0, 0.1) is 0 Å². The largest absolute Gasteiger partial charge is 0.349 e. The van der Waals surface area contributed by atoms with Gasteiger partial charge in [-0.05, 0) is 43.2 Å². The number of benzene rings is 2. The Balaban J connectivity index is 1.89. The van der Waals surface area contributed by atoms with Crippen molar-refractivity contribution < 1.29 is 18.0 Å². The van der Waals surface area contributed by atoms with Crippen molar-refractivity contribution in [3.63, 3.8) is 0 Å². The summed E-state index contributed by atoms with van der Waals surface area (Å²) < 4.78 is 28.0. The Hall–Kier alpha value is -2.03. The minimum atomic E-state index is -3.74. The first-order chi connectivity index (χ1) is 13.2. The maximum Gasteiger partial charge on any atom is 0.240 e. The summed E-state index contributed by atoms with van der Waals surface area (Å²) in [5, 5.41) is 2.92. The summed E-state index contributed by atoms with van der Waals surface area (Å²) in [4.78, 5) is 23.5. The van der Waals surface area contributed by atoms with Gasteiger partial charge < -0.3 is 5.32 Å². The number of hydrogen-bond donors (Lipinski definition) is 2. The van der Waals surface area contributed by atoms with Gasteiger partial charge in [0.25, 0.3) is 0 Å². The number of ketones is 1. The molecule has 0 aliphatic carbocycles. The summed E-state index contributed by atoms with van der Waals surface area (Å²) in [6, 6.07) is 13.3. The number of carbonyl (C=O) groups excluding carboxylic acids is 2. The fourth-order valence-electron chi connectivity index (χ4n) is 2.63. The third-order valence-corrected chi connectivity index (χ3v) is 6.24. The Kier molecular flexibility index (Phi) is 7.91. The third-order valence-electron chi connectivity index (χ3n) is 4.23. The van der Waals surface area contributed by atoms with Gasteiger partial charge in [-0.3, -0.25) is 9.59 Å². The lowest BCUT2D eigenvalue weighted by atomic mass is 10.0. The number of Topliss-reactive ketones (excluding diaryl/α,β-unsaturated/α-hetero) is 1. The number of sulfonamides is 1. The molecule has 0 fully saturated rings. The average Bonchev–Trinajstić information content (AvgIpc) is 2.67. The van der Waals surface area contributed by atoms with Gasteiger partial charge in [-0.2, -0.15) is 0 Å². The van der Waals surface area contributed by atoms with E-state index in [0.29, 0.717) is 5.56 Å². The van der Waals surface area contributed by atoms with E-state index in [-0.39, 0.29) is 35.6 Å². The normalized spacial score (nSPS) is 12.4. The lowest BCUT2D eigenvalue weighted by Gasteiger charge is -2.17. The fourth-order valence-corrected chi connectivity index (χ4v) is 3.93. The molecule has 2 aromatic rings. The van der Waals surface area contributed by atoms with E-state index in [2.05, 4.69) is 26.0 Å². The highest BCUT2D eigenvalue weighted by molar-refractivity contribution is 9.10.